The second-order valence-electron chi connectivity index (χ2n) is 38.6. The maximum Gasteiger partial charge on any atom is 0.0207 e. The normalized spacial score (nSPS) is 22.7. The van der Waals surface area contributed by atoms with E-state index in [1.54, 1.807) is 11.1 Å². The maximum atomic E-state index is 2.62. The van der Waals surface area contributed by atoms with Crippen LogP contribution in [-0.2, 0) is 0 Å². The first-order valence-electron chi connectivity index (χ1n) is 34.2. The Morgan fingerprint density at radius 1 is 0.265 bits per heavy atom. The summed E-state index contributed by atoms with van der Waals surface area (Å²) in [6.07, 6.45) is 11.5. The van der Waals surface area contributed by atoms with Gasteiger partial charge in [0.25, 0.3) is 0 Å². The van der Waals surface area contributed by atoms with Gasteiger partial charge in [0.15, 0.2) is 0 Å². The van der Waals surface area contributed by atoms with Gasteiger partial charge in [-0.2, -0.15) is 0 Å². The zero-order valence-electron chi connectivity index (χ0n) is 63.7. The third-order valence-electron chi connectivity index (χ3n) is 19.6. The van der Waals surface area contributed by atoms with E-state index < -0.39 is 0 Å². The van der Waals surface area contributed by atoms with Crippen LogP contribution < -0.4 is 0 Å². The topological polar surface area (TPSA) is 25.9 Å². The predicted molar refractivity (Wildman–Crippen MR) is 375 cm³/mol. The lowest BCUT2D eigenvalue weighted by Gasteiger charge is -2.46. The van der Waals surface area contributed by atoms with Crippen molar-refractivity contribution in [2.75, 3.05) is 105 Å². The van der Waals surface area contributed by atoms with Crippen LogP contribution >= 0.6 is 0 Å². The molecular weight excluding hydrogens is 1010 g/mol. The number of hydrogen-bond acceptors (Lipinski definition) is 8. The van der Waals surface area contributed by atoms with Crippen molar-refractivity contribution in [1.82, 2.24) is 39.2 Å². The van der Waals surface area contributed by atoms with Gasteiger partial charge in [0.2, 0.25) is 0 Å². The van der Waals surface area contributed by atoms with Gasteiger partial charge in [-0.3, -0.25) is 39.2 Å². The first-order chi connectivity index (χ1) is 36.8. The molecule has 83 heavy (non-hydrogen) atoms. The van der Waals surface area contributed by atoms with Gasteiger partial charge in [0.05, 0.1) is 0 Å². The van der Waals surface area contributed by atoms with Gasteiger partial charge in [0.1, 0.15) is 0 Å². The summed E-state index contributed by atoms with van der Waals surface area (Å²) in [6.45, 7) is 103. The fourth-order valence-electron chi connectivity index (χ4n) is 12.4. The molecular formula is C75H154N8. The molecule has 494 valence electrons. The summed E-state index contributed by atoms with van der Waals surface area (Å²) in [5.41, 5.74) is 7.59. The molecule has 6 aliphatic rings. The van der Waals surface area contributed by atoms with Crippen LogP contribution in [0.4, 0.5) is 0 Å². The lowest BCUT2D eigenvalue weighted by Crippen LogP contribution is -2.57. The van der Waals surface area contributed by atoms with Crippen LogP contribution in [-0.4, -0.2) is 188 Å². The van der Waals surface area contributed by atoms with E-state index in [-0.39, 0.29) is 0 Å². The molecule has 0 spiro atoms. The molecule has 0 saturated carbocycles. The lowest BCUT2D eigenvalue weighted by atomic mass is 9.75. The number of rotatable bonds is 0. The molecule has 0 bridgehead atoms. The van der Waals surface area contributed by atoms with Crippen LogP contribution in [0.5, 0.6) is 0 Å². The van der Waals surface area contributed by atoms with E-state index in [9.17, 15) is 0 Å². The average molecular weight is 1170 g/mol. The van der Waals surface area contributed by atoms with Crippen molar-refractivity contribution < 1.29 is 0 Å². The van der Waals surface area contributed by atoms with Crippen molar-refractivity contribution in [2.24, 2.45) is 33.5 Å². The lowest BCUT2D eigenvalue weighted by molar-refractivity contribution is 0.0211. The summed E-state index contributed by atoms with van der Waals surface area (Å²) in [4.78, 5) is 20.7. The Kier molecular flexibility index (Phi) is 29.7. The largest absolute Gasteiger partial charge is 0.298 e. The van der Waals surface area contributed by atoms with Crippen LogP contribution in [0, 0.1) is 33.5 Å². The van der Waals surface area contributed by atoms with E-state index in [0.29, 0.717) is 66.0 Å². The minimum Gasteiger partial charge on any atom is -0.298 e. The number of likely N-dealkylation sites (tertiary alicyclic amines) is 2. The molecule has 4 saturated heterocycles. The summed E-state index contributed by atoms with van der Waals surface area (Å²) >= 11 is 0. The number of nitrogens with zero attached hydrogens (tertiary/aromatic N) is 8. The van der Waals surface area contributed by atoms with E-state index in [1.165, 1.54) is 117 Å². The van der Waals surface area contributed by atoms with E-state index in [4.69, 9.17) is 0 Å². The van der Waals surface area contributed by atoms with E-state index >= 15 is 0 Å². The van der Waals surface area contributed by atoms with Crippen molar-refractivity contribution in [3.05, 3.63) is 23.3 Å². The maximum absolute atomic E-state index is 2.62. The van der Waals surface area contributed by atoms with Crippen LogP contribution in [0.3, 0.4) is 0 Å². The molecule has 0 aromatic rings. The van der Waals surface area contributed by atoms with Gasteiger partial charge in [-0.05, 0) is 264 Å². The molecule has 6 aliphatic heterocycles. The first kappa shape index (κ1) is 80.2. The van der Waals surface area contributed by atoms with Crippen molar-refractivity contribution in [3.63, 3.8) is 0 Å². The van der Waals surface area contributed by atoms with Gasteiger partial charge < -0.3 is 0 Å². The Balaban J connectivity index is 0.000000498. The highest BCUT2D eigenvalue weighted by atomic mass is 15.3. The monoisotopic (exact) mass is 1170 g/mol. The summed E-state index contributed by atoms with van der Waals surface area (Å²) < 4.78 is 0. The molecule has 0 aliphatic carbocycles. The quantitative estimate of drug-likeness (QED) is 0.221. The highest BCUT2D eigenvalue weighted by molar-refractivity contribution is 5.19. The van der Waals surface area contributed by atoms with Gasteiger partial charge in [-0.25, -0.2) is 0 Å². The molecule has 6 rings (SSSR count). The van der Waals surface area contributed by atoms with Gasteiger partial charge in [-0.1, -0.05) is 106 Å². The molecule has 0 amide bonds. The van der Waals surface area contributed by atoms with E-state index in [1.807, 2.05) is 0 Å². The Morgan fingerprint density at radius 2 is 0.530 bits per heavy atom. The van der Waals surface area contributed by atoms with Gasteiger partial charge in [-0.15, -0.1) is 0 Å². The number of piperidine rings is 1. The van der Waals surface area contributed by atoms with Crippen molar-refractivity contribution in [2.45, 2.75) is 326 Å². The Bertz CT molecular complexity index is 1730. The molecule has 0 radical (unpaired) electrons. The molecule has 1 atom stereocenters. The second-order valence-corrected chi connectivity index (χ2v) is 38.6. The minimum absolute atomic E-state index is 0.309. The van der Waals surface area contributed by atoms with Gasteiger partial charge in [0, 0.05) is 116 Å². The van der Waals surface area contributed by atoms with E-state index in [2.05, 4.69) is 301 Å². The van der Waals surface area contributed by atoms with Crippen LogP contribution in [0.1, 0.15) is 281 Å². The van der Waals surface area contributed by atoms with Crippen LogP contribution in [0.25, 0.3) is 0 Å². The fraction of sp³-hybridized carbons (Fsp3) is 0.947. The summed E-state index contributed by atoms with van der Waals surface area (Å²) in [5, 5.41) is 0. The SMILES string of the molecule is CC(C)(C)C1=CCN(C(C)(C)C)C1.CC(C)(C)C1=CCN(C(C)(C)C)CC1.CC(C)(C)C1CCN(C(C)(C)C)C1.CC(C)(C)C1CCN(C(C)(C)C)CC1.CC(C)(C)N1CCCN(C(C)(C)C)CC1.CC(C)(C)N1CCN(C(C)(C)C)CC1. The standard InChI is InChI=1S/C13H28N2.C13H27N.C13H25N.C12H26N2.C12H25N.C12H23N/c1-12(2,3)14-8-7-9-15(11-10-14)13(4,5)6;2*1-12(2,3)11-7-9-14(10-8-11)13(4,5)6;1-11(2,3)13-7-9-14(10-8-13)12(4,5)6;2*1-11(2,3)10-7-8-13(9-10)12(4,5)6/h7-11H2,1-6H3;11H,7-10H2,1-6H3;7H,8-10H2,1-6H3;7-10H2,1-6H3;10H,7-9H2,1-6H3;7H,8-9H2,1-6H3. The molecule has 4 fully saturated rings. The first-order valence-corrected chi connectivity index (χ1v) is 34.2. The molecule has 6 heterocycles. The fourth-order valence-corrected chi connectivity index (χ4v) is 12.4. The highest BCUT2D eigenvalue weighted by Crippen LogP contribution is 2.38. The average Bonchev–Trinajstić information content (AvgIpc) is 3.97. The number of piperazine rings is 1. The molecule has 8 nitrogen and oxygen atoms in total. The summed E-state index contributed by atoms with van der Waals surface area (Å²) in [6, 6.07) is 0. The Hall–Kier alpha value is -0.840. The third-order valence-corrected chi connectivity index (χ3v) is 19.6. The minimum atomic E-state index is 0.309. The van der Waals surface area contributed by atoms with Crippen LogP contribution in [0.15, 0.2) is 23.3 Å². The van der Waals surface area contributed by atoms with Crippen molar-refractivity contribution in [3.8, 4) is 0 Å². The summed E-state index contributed by atoms with van der Waals surface area (Å²) in [5.74, 6) is 1.80. The Labute approximate surface area is 523 Å². The highest BCUT2D eigenvalue weighted by Gasteiger charge is 2.37. The second kappa shape index (κ2) is 30.8. The molecule has 0 N–H and O–H groups in total. The molecule has 8 heteroatoms. The molecule has 0 aromatic carbocycles. The van der Waals surface area contributed by atoms with E-state index in [0.717, 1.165) is 31.5 Å². The molecule has 1 unspecified atom stereocenters. The predicted octanol–water partition coefficient (Wildman–Crippen LogP) is 18.0. The van der Waals surface area contributed by atoms with Gasteiger partial charge >= 0.3 is 0 Å². The number of hydrogen-bond donors (Lipinski definition) is 0. The molecule has 0 aromatic heterocycles. The Morgan fingerprint density at radius 3 is 0.759 bits per heavy atom. The van der Waals surface area contributed by atoms with Crippen molar-refractivity contribution in [1.29, 1.82) is 0 Å². The third kappa shape index (κ3) is 30.0. The summed E-state index contributed by atoms with van der Waals surface area (Å²) in [7, 11) is 0. The van der Waals surface area contributed by atoms with Crippen LogP contribution in [0.2, 0.25) is 0 Å². The smallest absolute Gasteiger partial charge is 0.0207 e. The zero-order chi connectivity index (χ0) is 65.2. The van der Waals surface area contributed by atoms with Crippen molar-refractivity contribution >= 4 is 0 Å². The zero-order valence-corrected chi connectivity index (χ0v) is 63.7.